The summed E-state index contributed by atoms with van der Waals surface area (Å²) in [6.45, 7) is 2.75. The fourth-order valence-corrected chi connectivity index (χ4v) is 4.05. The molecule has 2 heterocycles. The normalized spacial score (nSPS) is 24.1. The van der Waals surface area contributed by atoms with Crippen molar-refractivity contribution in [2.45, 2.75) is 63.5 Å². The molecule has 1 aliphatic heterocycles. The van der Waals surface area contributed by atoms with Crippen LogP contribution in [0.15, 0.2) is 6.20 Å². The summed E-state index contributed by atoms with van der Waals surface area (Å²) in [5, 5.41) is 14.6. The van der Waals surface area contributed by atoms with Gasteiger partial charge in [-0.1, -0.05) is 12.8 Å². The van der Waals surface area contributed by atoms with Crippen molar-refractivity contribution in [3.8, 4) is 0 Å². The number of aromatic nitrogens is 2. The van der Waals surface area contributed by atoms with Crippen molar-refractivity contribution >= 4 is 5.91 Å². The van der Waals surface area contributed by atoms with Gasteiger partial charge in [-0.25, -0.2) is 0 Å². The Morgan fingerprint density at radius 1 is 1.48 bits per heavy atom. The zero-order chi connectivity index (χ0) is 15.0. The van der Waals surface area contributed by atoms with Crippen LogP contribution in [-0.2, 0) is 18.3 Å². The second kappa shape index (κ2) is 5.44. The molecule has 1 N–H and O–H groups in total. The molecule has 0 bridgehead atoms. The largest absolute Gasteiger partial charge is 0.391 e. The molecule has 3 rings (SSSR count). The zero-order valence-electron chi connectivity index (χ0n) is 13.0. The van der Waals surface area contributed by atoms with Crippen molar-refractivity contribution < 1.29 is 9.90 Å². The molecule has 2 aliphatic rings. The Kier molecular flexibility index (Phi) is 3.78. The highest BCUT2D eigenvalue weighted by atomic mass is 16.3. The maximum Gasteiger partial charge on any atom is 0.223 e. The maximum absolute atomic E-state index is 12.6. The van der Waals surface area contributed by atoms with Gasteiger partial charge in [-0.3, -0.25) is 9.48 Å². The van der Waals surface area contributed by atoms with Crippen LogP contribution in [0.25, 0.3) is 0 Å². The predicted molar refractivity (Wildman–Crippen MR) is 79.8 cm³/mol. The first kappa shape index (κ1) is 14.6. The standard InChI is InChI=1S/C16H25N3O2/c1-12-13(11-17-18(12)2)5-6-15(21)19-10-7-14(20)16(19)8-3-4-9-16/h11,14,20H,3-10H2,1-2H3. The van der Waals surface area contributed by atoms with E-state index in [-0.39, 0.29) is 17.6 Å². The van der Waals surface area contributed by atoms with E-state index in [1.54, 1.807) is 0 Å². The van der Waals surface area contributed by atoms with Gasteiger partial charge in [0.1, 0.15) is 0 Å². The van der Waals surface area contributed by atoms with Crippen LogP contribution >= 0.6 is 0 Å². The molecular weight excluding hydrogens is 266 g/mol. The average Bonchev–Trinajstić information content (AvgIpc) is 3.15. The fraction of sp³-hybridized carbons (Fsp3) is 0.750. The van der Waals surface area contributed by atoms with Gasteiger partial charge in [-0.2, -0.15) is 5.10 Å². The summed E-state index contributed by atoms with van der Waals surface area (Å²) in [5.74, 6) is 0.191. The Bertz CT molecular complexity index is 532. The van der Waals surface area contributed by atoms with Crippen molar-refractivity contribution in [1.82, 2.24) is 14.7 Å². The third kappa shape index (κ3) is 2.37. The van der Waals surface area contributed by atoms with Crippen molar-refractivity contribution in [3.05, 3.63) is 17.5 Å². The van der Waals surface area contributed by atoms with E-state index in [4.69, 9.17) is 0 Å². The first-order valence-electron chi connectivity index (χ1n) is 8.00. The molecule has 5 heteroatoms. The van der Waals surface area contributed by atoms with E-state index in [1.807, 2.05) is 29.7 Å². The predicted octanol–water partition coefficient (Wildman–Crippen LogP) is 1.57. The van der Waals surface area contributed by atoms with Crippen molar-refractivity contribution in [3.63, 3.8) is 0 Å². The van der Waals surface area contributed by atoms with Crippen LogP contribution in [0.5, 0.6) is 0 Å². The lowest BCUT2D eigenvalue weighted by atomic mass is 9.91. The average molecular weight is 291 g/mol. The van der Waals surface area contributed by atoms with Crippen LogP contribution in [-0.4, -0.2) is 43.9 Å². The minimum absolute atomic E-state index is 0.191. The molecule has 1 aromatic rings. The SMILES string of the molecule is Cc1c(CCC(=O)N2CCC(O)C23CCCC3)cnn1C. The Hall–Kier alpha value is -1.36. The number of aryl methyl sites for hydroxylation is 2. The molecule has 5 nitrogen and oxygen atoms in total. The summed E-state index contributed by atoms with van der Waals surface area (Å²) in [6.07, 6.45) is 7.69. The van der Waals surface area contributed by atoms with E-state index < -0.39 is 0 Å². The first-order valence-corrected chi connectivity index (χ1v) is 8.00. The Labute approximate surface area is 125 Å². The molecule has 1 aliphatic carbocycles. The van der Waals surface area contributed by atoms with Gasteiger partial charge in [0.2, 0.25) is 5.91 Å². The summed E-state index contributed by atoms with van der Waals surface area (Å²) in [5.41, 5.74) is 2.02. The van der Waals surface area contributed by atoms with Gasteiger partial charge in [-0.15, -0.1) is 0 Å². The van der Waals surface area contributed by atoms with Crippen LogP contribution in [0.4, 0.5) is 0 Å². The minimum Gasteiger partial charge on any atom is -0.391 e. The number of nitrogens with zero attached hydrogens (tertiary/aromatic N) is 3. The smallest absolute Gasteiger partial charge is 0.223 e. The lowest BCUT2D eigenvalue weighted by Gasteiger charge is -2.37. The van der Waals surface area contributed by atoms with Crippen LogP contribution in [0.1, 0.15) is 49.8 Å². The highest BCUT2D eigenvalue weighted by Crippen LogP contribution is 2.43. The summed E-state index contributed by atoms with van der Waals surface area (Å²) in [6, 6.07) is 0. The quantitative estimate of drug-likeness (QED) is 0.919. The summed E-state index contributed by atoms with van der Waals surface area (Å²) < 4.78 is 1.85. The van der Waals surface area contributed by atoms with E-state index in [9.17, 15) is 9.90 Å². The van der Waals surface area contributed by atoms with Gasteiger partial charge >= 0.3 is 0 Å². The molecule has 116 valence electrons. The van der Waals surface area contributed by atoms with Crippen molar-refractivity contribution in [2.24, 2.45) is 7.05 Å². The number of carbonyl (C=O) groups excluding carboxylic acids is 1. The van der Waals surface area contributed by atoms with Crippen LogP contribution in [0.3, 0.4) is 0 Å². The molecule has 2 fully saturated rings. The number of hydrogen-bond acceptors (Lipinski definition) is 3. The Balaban J connectivity index is 1.66. The van der Waals surface area contributed by atoms with Gasteiger partial charge in [0.05, 0.1) is 17.8 Å². The molecular formula is C16H25N3O2. The van der Waals surface area contributed by atoms with E-state index in [2.05, 4.69) is 5.10 Å². The second-order valence-corrected chi connectivity index (χ2v) is 6.54. The van der Waals surface area contributed by atoms with E-state index >= 15 is 0 Å². The molecule has 0 aromatic carbocycles. The molecule has 1 spiro atoms. The van der Waals surface area contributed by atoms with Gasteiger partial charge in [0.15, 0.2) is 0 Å². The Morgan fingerprint density at radius 2 is 2.19 bits per heavy atom. The van der Waals surface area contributed by atoms with Gasteiger partial charge in [0.25, 0.3) is 0 Å². The van der Waals surface area contributed by atoms with Crippen molar-refractivity contribution in [2.75, 3.05) is 6.54 Å². The van der Waals surface area contributed by atoms with Gasteiger partial charge in [-0.05, 0) is 38.2 Å². The maximum atomic E-state index is 12.6. The molecule has 21 heavy (non-hydrogen) atoms. The Morgan fingerprint density at radius 3 is 2.81 bits per heavy atom. The number of aliphatic hydroxyl groups is 1. The summed E-state index contributed by atoms with van der Waals surface area (Å²) in [4.78, 5) is 14.6. The summed E-state index contributed by atoms with van der Waals surface area (Å²) in [7, 11) is 1.92. The molecule has 1 amide bonds. The molecule has 1 unspecified atom stereocenters. The van der Waals surface area contributed by atoms with Crippen LogP contribution < -0.4 is 0 Å². The molecule has 0 radical (unpaired) electrons. The lowest BCUT2D eigenvalue weighted by molar-refractivity contribution is -0.137. The monoisotopic (exact) mass is 291 g/mol. The third-order valence-corrected chi connectivity index (χ3v) is 5.50. The number of aliphatic hydroxyl groups excluding tert-OH is 1. The van der Waals surface area contributed by atoms with E-state index in [0.717, 1.165) is 49.8 Å². The van der Waals surface area contributed by atoms with Crippen LogP contribution in [0.2, 0.25) is 0 Å². The van der Waals surface area contributed by atoms with Gasteiger partial charge < -0.3 is 10.0 Å². The first-order chi connectivity index (χ1) is 10.0. The molecule has 1 atom stereocenters. The fourth-order valence-electron chi connectivity index (χ4n) is 4.05. The lowest BCUT2D eigenvalue weighted by Crippen LogP contribution is -2.50. The number of hydrogen-bond donors (Lipinski definition) is 1. The second-order valence-electron chi connectivity index (χ2n) is 6.54. The third-order valence-electron chi connectivity index (χ3n) is 5.50. The van der Waals surface area contributed by atoms with Crippen LogP contribution in [0, 0.1) is 6.92 Å². The number of carbonyl (C=O) groups is 1. The number of likely N-dealkylation sites (tertiary alicyclic amines) is 1. The molecule has 1 saturated carbocycles. The minimum atomic E-state index is -0.330. The summed E-state index contributed by atoms with van der Waals surface area (Å²) >= 11 is 0. The molecule has 1 aromatic heterocycles. The highest BCUT2D eigenvalue weighted by Gasteiger charge is 2.51. The number of rotatable bonds is 3. The topological polar surface area (TPSA) is 58.4 Å². The highest BCUT2D eigenvalue weighted by molar-refractivity contribution is 5.78. The van der Waals surface area contributed by atoms with Gasteiger partial charge in [0, 0.05) is 25.7 Å². The van der Waals surface area contributed by atoms with E-state index in [1.165, 1.54) is 0 Å². The molecule has 1 saturated heterocycles. The number of amides is 1. The van der Waals surface area contributed by atoms with Crippen molar-refractivity contribution in [1.29, 1.82) is 0 Å². The van der Waals surface area contributed by atoms with E-state index in [0.29, 0.717) is 13.0 Å². The zero-order valence-corrected chi connectivity index (χ0v) is 13.0.